The standard InChI is InChI=1S/C26H28N3/c1-16(2)23-14-28-24(15-27-23)22-13-26(21-12-17(3)11-18(4)19(21)5)29(6)25-10-8-7-9-20(22)25/h7-16H,1-6H3/q+1. The number of rotatable bonds is 3. The normalized spacial score (nSPS) is 11.4. The molecule has 0 amide bonds. The van der Waals surface area contributed by atoms with Gasteiger partial charge in [0.1, 0.15) is 7.05 Å². The van der Waals surface area contributed by atoms with E-state index in [1.54, 1.807) is 0 Å². The van der Waals surface area contributed by atoms with Crippen LogP contribution in [0.25, 0.3) is 33.4 Å². The molecule has 0 unspecified atom stereocenters. The fourth-order valence-electron chi connectivity index (χ4n) is 3.99. The van der Waals surface area contributed by atoms with Crippen molar-refractivity contribution in [2.45, 2.75) is 40.5 Å². The molecule has 2 aromatic heterocycles. The quantitative estimate of drug-likeness (QED) is 0.417. The van der Waals surface area contributed by atoms with Crippen LogP contribution in [0.5, 0.6) is 0 Å². The highest BCUT2D eigenvalue weighted by molar-refractivity contribution is 5.93. The van der Waals surface area contributed by atoms with Crippen molar-refractivity contribution in [1.29, 1.82) is 0 Å². The van der Waals surface area contributed by atoms with Gasteiger partial charge in [0.05, 0.1) is 23.0 Å². The second kappa shape index (κ2) is 7.40. The van der Waals surface area contributed by atoms with E-state index in [4.69, 9.17) is 4.98 Å². The maximum Gasteiger partial charge on any atom is 0.213 e. The van der Waals surface area contributed by atoms with Crippen LogP contribution < -0.4 is 4.57 Å². The summed E-state index contributed by atoms with van der Waals surface area (Å²) in [6.07, 6.45) is 3.82. The van der Waals surface area contributed by atoms with Crippen LogP contribution in [0, 0.1) is 20.8 Å². The maximum absolute atomic E-state index is 4.77. The minimum Gasteiger partial charge on any atom is -0.257 e. The zero-order chi connectivity index (χ0) is 20.7. The Morgan fingerprint density at radius 1 is 0.862 bits per heavy atom. The number of benzene rings is 2. The van der Waals surface area contributed by atoms with Gasteiger partial charge in [-0.1, -0.05) is 37.6 Å². The van der Waals surface area contributed by atoms with E-state index in [0.29, 0.717) is 5.92 Å². The average molecular weight is 383 g/mol. The summed E-state index contributed by atoms with van der Waals surface area (Å²) in [6, 6.07) is 15.3. The van der Waals surface area contributed by atoms with Crippen molar-refractivity contribution in [3.05, 3.63) is 77.2 Å². The molecule has 0 aliphatic heterocycles. The van der Waals surface area contributed by atoms with E-state index in [-0.39, 0.29) is 0 Å². The highest BCUT2D eigenvalue weighted by atomic mass is 14.9. The molecule has 0 saturated heterocycles. The molecular weight excluding hydrogens is 354 g/mol. The smallest absolute Gasteiger partial charge is 0.213 e. The van der Waals surface area contributed by atoms with E-state index in [1.165, 1.54) is 38.9 Å². The van der Waals surface area contributed by atoms with Gasteiger partial charge in [0, 0.05) is 29.5 Å². The Hall–Kier alpha value is -3.07. The van der Waals surface area contributed by atoms with Gasteiger partial charge >= 0.3 is 0 Å². The SMILES string of the molecule is Cc1cc(C)c(C)c(-c2cc(-c3cnc(C(C)C)cn3)c3ccccc3[n+]2C)c1. The molecule has 3 nitrogen and oxygen atoms in total. The molecule has 146 valence electrons. The lowest BCUT2D eigenvalue weighted by Gasteiger charge is -2.13. The fourth-order valence-corrected chi connectivity index (χ4v) is 3.99. The first kappa shape index (κ1) is 19.3. The van der Waals surface area contributed by atoms with Crippen molar-refractivity contribution in [3.63, 3.8) is 0 Å². The number of hydrogen-bond acceptors (Lipinski definition) is 2. The van der Waals surface area contributed by atoms with Crippen LogP contribution in [0.1, 0.15) is 42.1 Å². The number of nitrogens with zero attached hydrogens (tertiary/aromatic N) is 3. The van der Waals surface area contributed by atoms with E-state index in [1.807, 2.05) is 12.4 Å². The summed E-state index contributed by atoms with van der Waals surface area (Å²) in [7, 11) is 2.14. The highest BCUT2D eigenvalue weighted by Crippen LogP contribution is 2.32. The monoisotopic (exact) mass is 382 g/mol. The summed E-state index contributed by atoms with van der Waals surface area (Å²) in [4.78, 5) is 9.43. The minimum atomic E-state index is 0.371. The first-order chi connectivity index (χ1) is 13.9. The molecule has 0 spiro atoms. The molecule has 4 rings (SSSR count). The molecule has 29 heavy (non-hydrogen) atoms. The van der Waals surface area contributed by atoms with Crippen LogP contribution in [-0.2, 0) is 7.05 Å². The summed E-state index contributed by atoms with van der Waals surface area (Å²) < 4.78 is 2.29. The van der Waals surface area contributed by atoms with E-state index in [9.17, 15) is 0 Å². The van der Waals surface area contributed by atoms with E-state index in [2.05, 4.69) is 93.7 Å². The van der Waals surface area contributed by atoms with E-state index >= 15 is 0 Å². The number of pyridine rings is 1. The Kier molecular flexibility index (Phi) is 4.91. The van der Waals surface area contributed by atoms with Crippen molar-refractivity contribution in [1.82, 2.24) is 9.97 Å². The first-order valence-corrected chi connectivity index (χ1v) is 10.2. The third-order valence-electron chi connectivity index (χ3n) is 5.82. The summed E-state index contributed by atoms with van der Waals surface area (Å²) in [5.41, 5.74) is 10.6. The average Bonchev–Trinajstić information content (AvgIpc) is 2.71. The molecule has 3 heteroatoms. The molecule has 0 aliphatic rings. The van der Waals surface area contributed by atoms with Crippen LogP contribution in [0.4, 0.5) is 0 Å². The van der Waals surface area contributed by atoms with Crippen molar-refractivity contribution >= 4 is 10.9 Å². The number of aryl methyl sites for hydroxylation is 3. The number of para-hydroxylation sites is 1. The molecule has 0 radical (unpaired) electrons. The van der Waals surface area contributed by atoms with Gasteiger partial charge in [-0.3, -0.25) is 9.97 Å². The van der Waals surface area contributed by atoms with Crippen molar-refractivity contribution in [2.75, 3.05) is 0 Å². The molecule has 0 saturated carbocycles. The van der Waals surface area contributed by atoms with Crippen molar-refractivity contribution in [3.8, 4) is 22.5 Å². The van der Waals surface area contributed by atoms with Gasteiger partial charge in [-0.15, -0.1) is 0 Å². The summed E-state index contributed by atoms with van der Waals surface area (Å²) in [5.74, 6) is 0.371. The van der Waals surface area contributed by atoms with E-state index < -0.39 is 0 Å². The Bertz CT molecular complexity index is 1210. The fraction of sp³-hybridized carbons (Fsp3) is 0.269. The lowest BCUT2D eigenvalue weighted by molar-refractivity contribution is -0.633. The Labute approximate surface area is 173 Å². The minimum absolute atomic E-state index is 0.371. The van der Waals surface area contributed by atoms with Gasteiger partial charge in [-0.25, -0.2) is 0 Å². The first-order valence-electron chi connectivity index (χ1n) is 10.2. The third kappa shape index (κ3) is 3.42. The Morgan fingerprint density at radius 3 is 2.31 bits per heavy atom. The number of aromatic nitrogens is 3. The molecule has 0 atom stereocenters. The second-order valence-electron chi connectivity index (χ2n) is 8.26. The number of fused-ring (bicyclic) bond motifs is 1. The zero-order valence-electron chi connectivity index (χ0n) is 18.1. The lowest BCUT2D eigenvalue weighted by Crippen LogP contribution is -2.32. The second-order valence-corrected chi connectivity index (χ2v) is 8.26. The van der Waals surface area contributed by atoms with Crippen LogP contribution in [0.2, 0.25) is 0 Å². The van der Waals surface area contributed by atoms with Crippen LogP contribution in [-0.4, -0.2) is 9.97 Å². The van der Waals surface area contributed by atoms with Gasteiger partial charge < -0.3 is 0 Å². The summed E-state index contributed by atoms with van der Waals surface area (Å²) >= 11 is 0. The molecule has 0 fully saturated rings. The largest absolute Gasteiger partial charge is 0.257 e. The van der Waals surface area contributed by atoms with Gasteiger partial charge in [0.25, 0.3) is 0 Å². The third-order valence-corrected chi connectivity index (χ3v) is 5.82. The zero-order valence-corrected chi connectivity index (χ0v) is 18.1. The van der Waals surface area contributed by atoms with Crippen LogP contribution in [0.15, 0.2) is 54.9 Å². The Balaban J connectivity index is 2.02. The van der Waals surface area contributed by atoms with Gasteiger partial charge in [0.15, 0.2) is 0 Å². The predicted molar refractivity (Wildman–Crippen MR) is 120 cm³/mol. The van der Waals surface area contributed by atoms with Gasteiger partial charge in [-0.05, 0) is 49.9 Å². The Morgan fingerprint density at radius 2 is 1.62 bits per heavy atom. The predicted octanol–water partition coefficient (Wildman–Crippen LogP) is 5.84. The van der Waals surface area contributed by atoms with Gasteiger partial charge in [0.2, 0.25) is 11.2 Å². The van der Waals surface area contributed by atoms with Crippen molar-refractivity contribution in [2.24, 2.45) is 7.05 Å². The summed E-state index contributed by atoms with van der Waals surface area (Å²) in [6.45, 7) is 10.8. The number of hydrogen-bond donors (Lipinski definition) is 0. The molecule has 4 aromatic rings. The maximum atomic E-state index is 4.77. The van der Waals surface area contributed by atoms with E-state index in [0.717, 1.165) is 17.0 Å². The molecule has 0 bridgehead atoms. The van der Waals surface area contributed by atoms with Crippen LogP contribution in [0.3, 0.4) is 0 Å². The lowest BCUT2D eigenvalue weighted by atomic mass is 9.95. The van der Waals surface area contributed by atoms with Gasteiger partial charge in [-0.2, -0.15) is 4.57 Å². The van der Waals surface area contributed by atoms with Crippen molar-refractivity contribution < 1.29 is 4.57 Å². The molecular formula is C26H28N3+. The molecule has 0 N–H and O–H groups in total. The van der Waals surface area contributed by atoms with Crippen LogP contribution >= 0.6 is 0 Å². The topological polar surface area (TPSA) is 29.7 Å². The molecule has 2 aromatic carbocycles. The summed E-state index contributed by atoms with van der Waals surface area (Å²) in [5, 5.41) is 1.19. The molecule has 0 aliphatic carbocycles. The molecule has 2 heterocycles. The highest BCUT2D eigenvalue weighted by Gasteiger charge is 2.21.